The van der Waals surface area contributed by atoms with Crippen molar-refractivity contribution in [1.29, 1.82) is 0 Å². The van der Waals surface area contributed by atoms with E-state index in [9.17, 15) is 15.0 Å². The van der Waals surface area contributed by atoms with Gasteiger partial charge in [-0.25, -0.2) is 0 Å². The van der Waals surface area contributed by atoms with Crippen LogP contribution in [0.3, 0.4) is 0 Å². The molecule has 0 aromatic heterocycles. The van der Waals surface area contributed by atoms with E-state index in [2.05, 4.69) is 26.8 Å². The SMILES string of the molecule is CC(O)CC=CC=CC(O)C(C)OC1CC=C2CC(=O)C3(CC3C)CC2(C)C1C. The van der Waals surface area contributed by atoms with Gasteiger partial charge in [0.1, 0.15) is 5.78 Å². The third-order valence-corrected chi connectivity index (χ3v) is 7.84. The van der Waals surface area contributed by atoms with E-state index in [1.807, 2.05) is 25.2 Å². The second-order valence-corrected chi connectivity index (χ2v) is 9.98. The van der Waals surface area contributed by atoms with Gasteiger partial charge in [0.25, 0.3) is 0 Å². The maximum absolute atomic E-state index is 12.7. The van der Waals surface area contributed by atoms with Crippen molar-refractivity contribution in [1.82, 2.24) is 0 Å². The first-order valence-corrected chi connectivity index (χ1v) is 11.2. The average Bonchev–Trinajstić information content (AvgIpc) is 3.29. The van der Waals surface area contributed by atoms with Crippen LogP contribution in [-0.2, 0) is 9.53 Å². The first-order valence-electron chi connectivity index (χ1n) is 11.2. The molecular formula is C25H38O4. The number of allylic oxidation sites excluding steroid dienone is 3. The molecule has 2 saturated carbocycles. The summed E-state index contributed by atoms with van der Waals surface area (Å²) in [6.07, 6.45) is 12.2. The summed E-state index contributed by atoms with van der Waals surface area (Å²) in [6.45, 7) is 10.4. The quantitative estimate of drug-likeness (QED) is 0.490. The van der Waals surface area contributed by atoms with Crippen LogP contribution in [0.4, 0.5) is 0 Å². The predicted octanol–water partition coefficient (Wildman–Crippen LogP) is 4.37. The lowest BCUT2D eigenvalue weighted by Gasteiger charge is -2.50. The fourth-order valence-electron chi connectivity index (χ4n) is 5.39. The van der Waals surface area contributed by atoms with Crippen molar-refractivity contribution in [2.45, 2.75) is 91.1 Å². The molecular weight excluding hydrogens is 364 g/mol. The Morgan fingerprint density at radius 1 is 1.28 bits per heavy atom. The molecule has 29 heavy (non-hydrogen) atoms. The highest BCUT2D eigenvalue weighted by Crippen LogP contribution is 2.66. The Hall–Kier alpha value is -1.23. The van der Waals surface area contributed by atoms with E-state index in [1.165, 1.54) is 5.57 Å². The molecule has 1 spiro atoms. The minimum Gasteiger partial charge on any atom is -0.393 e. The Balaban J connectivity index is 1.62. The third kappa shape index (κ3) is 4.45. The summed E-state index contributed by atoms with van der Waals surface area (Å²) in [5.74, 6) is 1.26. The van der Waals surface area contributed by atoms with Crippen molar-refractivity contribution in [2.75, 3.05) is 0 Å². The van der Waals surface area contributed by atoms with Crippen molar-refractivity contribution in [3.05, 3.63) is 36.0 Å². The molecule has 0 heterocycles. The number of hydrogen-bond acceptors (Lipinski definition) is 4. The number of rotatable bonds is 7. The molecule has 0 aromatic carbocycles. The van der Waals surface area contributed by atoms with Crippen LogP contribution in [-0.4, -0.2) is 40.4 Å². The number of ketones is 1. The molecule has 162 valence electrons. The Morgan fingerprint density at radius 2 is 1.97 bits per heavy atom. The van der Waals surface area contributed by atoms with Gasteiger partial charge in [-0.2, -0.15) is 0 Å². The largest absolute Gasteiger partial charge is 0.393 e. The normalized spacial score (nSPS) is 40.2. The number of fused-ring (bicyclic) bond motifs is 1. The highest BCUT2D eigenvalue weighted by atomic mass is 16.5. The molecule has 3 aliphatic rings. The van der Waals surface area contributed by atoms with Gasteiger partial charge >= 0.3 is 0 Å². The number of aliphatic hydroxyl groups excluding tert-OH is 2. The average molecular weight is 403 g/mol. The van der Waals surface area contributed by atoms with E-state index in [1.54, 1.807) is 13.0 Å². The lowest BCUT2D eigenvalue weighted by molar-refractivity contribution is -0.132. The highest BCUT2D eigenvalue weighted by molar-refractivity contribution is 5.91. The number of Topliss-reactive ketones (excluding diaryl/α,β-unsaturated/α-hetero) is 1. The molecule has 0 aliphatic heterocycles. The van der Waals surface area contributed by atoms with E-state index >= 15 is 0 Å². The molecule has 0 bridgehead atoms. The Kier molecular flexibility index (Phi) is 6.57. The van der Waals surface area contributed by atoms with Crippen LogP contribution in [0.2, 0.25) is 0 Å². The highest BCUT2D eigenvalue weighted by Gasteiger charge is 2.64. The molecule has 0 aromatic rings. The van der Waals surface area contributed by atoms with Gasteiger partial charge in [-0.15, -0.1) is 0 Å². The summed E-state index contributed by atoms with van der Waals surface area (Å²) >= 11 is 0. The van der Waals surface area contributed by atoms with E-state index in [4.69, 9.17) is 4.74 Å². The fraction of sp³-hybridized carbons (Fsp3) is 0.720. The molecule has 0 radical (unpaired) electrons. The van der Waals surface area contributed by atoms with Gasteiger partial charge in [-0.1, -0.05) is 56.7 Å². The first kappa shape index (κ1) is 22.5. The molecule has 8 unspecified atom stereocenters. The lowest BCUT2D eigenvalue weighted by Crippen LogP contribution is -2.48. The zero-order valence-electron chi connectivity index (χ0n) is 18.6. The molecule has 3 aliphatic carbocycles. The second kappa shape index (κ2) is 8.49. The second-order valence-electron chi connectivity index (χ2n) is 9.98. The standard InChI is InChI=1S/C25H38O4/c1-16-14-25(16)15-24(5)18(3)22(12-11-20(24)13-23(25)28)29-19(4)21(27)10-8-6-7-9-17(2)26/h6-8,10-11,16-19,21-22,26-27H,9,12-15H2,1-5H3. The molecule has 3 rings (SSSR count). The summed E-state index contributed by atoms with van der Waals surface area (Å²) in [7, 11) is 0. The van der Waals surface area contributed by atoms with Gasteiger partial charge in [-0.3, -0.25) is 4.79 Å². The van der Waals surface area contributed by atoms with E-state index in [0.717, 1.165) is 19.3 Å². The summed E-state index contributed by atoms with van der Waals surface area (Å²) in [5, 5.41) is 19.7. The van der Waals surface area contributed by atoms with Crippen LogP contribution in [0.15, 0.2) is 36.0 Å². The summed E-state index contributed by atoms with van der Waals surface area (Å²) < 4.78 is 6.32. The van der Waals surface area contributed by atoms with Crippen molar-refractivity contribution in [3.8, 4) is 0 Å². The predicted molar refractivity (Wildman–Crippen MR) is 115 cm³/mol. The lowest BCUT2D eigenvalue weighted by atomic mass is 9.56. The van der Waals surface area contributed by atoms with Crippen LogP contribution in [0.1, 0.15) is 66.7 Å². The Bertz CT molecular complexity index is 706. The number of aliphatic hydroxyl groups is 2. The monoisotopic (exact) mass is 402 g/mol. The van der Waals surface area contributed by atoms with Crippen LogP contribution < -0.4 is 0 Å². The molecule has 0 saturated heterocycles. The van der Waals surface area contributed by atoms with Crippen LogP contribution in [0.5, 0.6) is 0 Å². The molecule has 4 heteroatoms. The summed E-state index contributed by atoms with van der Waals surface area (Å²) in [4.78, 5) is 12.7. The maximum atomic E-state index is 12.7. The number of carbonyl (C=O) groups is 1. The van der Waals surface area contributed by atoms with Crippen molar-refractivity contribution in [3.63, 3.8) is 0 Å². The van der Waals surface area contributed by atoms with Crippen LogP contribution in [0.25, 0.3) is 0 Å². The number of hydrogen-bond donors (Lipinski definition) is 2. The zero-order chi connectivity index (χ0) is 21.4. The minimum atomic E-state index is -0.681. The molecule has 2 N–H and O–H groups in total. The van der Waals surface area contributed by atoms with E-state index in [0.29, 0.717) is 30.5 Å². The number of ether oxygens (including phenoxy) is 1. The zero-order valence-corrected chi connectivity index (χ0v) is 18.6. The smallest absolute Gasteiger partial charge is 0.143 e. The first-order chi connectivity index (χ1) is 13.6. The Morgan fingerprint density at radius 3 is 2.59 bits per heavy atom. The van der Waals surface area contributed by atoms with Crippen molar-refractivity contribution < 1.29 is 19.7 Å². The van der Waals surface area contributed by atoms with Gasteiger partial charge in [0.05, 0.1) is 24.4 Å². The Labute approximate surface area is 175 Å². The van der Waals surface area contributed by atoms with Gasteiger partial charge in [0.15, 0.2) is 0 Å². The molecule has 4 nitrogen and oxygen atoms in total. The molecule has 0 amide bonds. The fourth-order valence-corrected chi connectivity index (χ4v) is 5.39. The number of carbonyl (C=O) groups excluding carboxylic acids is 1. The summed E-state index contributed by atoms with van der Waals surface area (Å²) in [6, 6.07) is 0. The third-order valence-electron chi connectivity index (χ3n) is 7.84. The van der Waals surface area contributed by atoms with Gasteiger partial charge < -0.3 is 14.9 Å². The van der Waals surface area contributed by atoms with E-state index < -0.39 is 6.10 Å². The van der Waals surface area contributed by atoms with Crippen LogP contribution >= 0.6 is 0 Å². The van der Waals surface area contributed by atoms with Gasteiger partial charge in [0.2, 0.25) is 0 Å². The van der Waals surface area contributed by atoms with Gasteiger partial charge in [0, 0.05) is 11.8 Å². The van der Waals surface area contributed by atoms with E-state index in [-0.39, 0.29) is 29.1 Å². The van der Waals surface area contributed by atoms with Crippen molar-refractivity contribution >= 4 is 5.78 Å². The molecule has 2 fully saturated rings. The molecule has 8 atom stereocenters. The summed E-state index contributed by atoms with van der Waals surface area (Å²) in [5.41, 5.74) is 1.22. The van der Waals surface area contributed by atoms with Crippen molar-refractivity contribution in [2.24, 2.45) is 22.7 Å². The maximum Gasteiger partial charge on any atom is 0.143 e. The van der Waals surface area contributed by atoms with Crippen LogP contribution in [0, 0.1) is 22.7 Å². The van der Waals surface area contributed by atoms with Gasteiger partial charge in [-0.05, 0) is 56.8 Å². The topological polar surface area (TPSA) is 66.8 Å². The minimum absolute atomic E-state index is 0.00578.